The Bertz CT molecular complexity index is 892. The summed E-state index contributed by atoms with van der Waals surface area (Å²) in [6.07, 6.45) is 0. The van der Waals surface area contributed by atoms with E-state index in [1.165, 1.54) is 4.90 Å². The van der Waals surface area contributed by atoms with Gasteiger partial charge in [0.1, 0.15) is 5.56 Å². The van der Waals surface area contributed by atoms with Crippen LogP contribution in [0, 0.1) is 13.8 Å². The third-order valence-electron chi connectivity index (χ3n) is 4.13. The molecule has 28 heavy (non-hydrogen) atoms. The Morgan fingerprint density at radius 1 is 1.21 bits per heavy atom. The van der Waals surface area contributed by atoms with Crippen molar-refractivity contribution in [2.24, 2.45) is 0 Å². The maximum absolute atomic E-state index is 12.4. The van der Waals surface area contributed by atoms with Crippen molar-refractivity contribution in [1.82, 2.24) is 20.0 Å². The Morgan fingerprint density at radius 2 is 1.89 bits per heavy atom. The van der Waals surface area contributed by atoms with Gasteiger partial charge in [0.05, 0.1) is 24.5 Å². The number of aromatic nitrogens is 2. The molecule has 2 aromatic rings. The number of ether oxygens (including phenoxy) is 1. The van der Waals surface area contributed by atoms with Crippen LogP contribution in [-0.2, 0) is 20.9 Å². The van der Waals surface area contributed by atoms with E-state index in [9.17, 15) is 14.4 Å². The molecule has 1 aromatic carbocycles. The highest BCUT2D eigenvalue weighted by Gasteiger charge is 2.21. The molecule has 150 valence electrons. The molecule has 1 N–H and O–H groups in total. The van der Waals surface area contributed by atoms with Gasteiger partial charge in [0.25, 0.3) is 5.91 Å². The number of nitrogens with one attached hydrogen (secondary N) is 1. The van der Waals surface area contributed by atoms with Crippen molar-refractivity contribution in [3.63, 3.8) is 0 Å². The fourth-order valence-corrected chi connectivity index (χ4v) is 2.72. The van der Waals surface area contributed by atoms with Gasteiger partial charge < -0.3 is 15.0 Å². The van der Waals surface area contributed by atoms with Crippen molar-refractivity contribution in [2.75, 3.05) is 27.2 Å². The topological polar surface area (TPSA) is 93.5 Å². The predicted molar refractivity (Wildman–Crippen MR) is 104 cm³/mol. The van der Waals surface area contributed by atoms with Crippen LogP contribution in [0.25, 0.3) is 0 Å². The highest BCUT2D eigenvalue weighted by Crippen LogP contribution is 2.20. The smallest absolute Gasteiger partial charge is 0.342 e. The van der Waals surface area contributed by atoms with Crippen LogP contribution < -0.4 is 5.32 Å². The molecule has 0 unspecified atom stereocenters. The lowest BCUT2D eigenvalue weighted by Gasteiger charge is -2.11. The van der Waals surface area contributed by atoms with Gasteiger partial charge in [-0.15, -0.1) is 0 Å². The summed E-state index contributed by atoms with van der Waals surface area (Å²) in [7, 11) is 3.17. The van der Waals surface area contributed by atoms with Gasteiger partial charge >= 0.3 is 5.97 Å². The fraction of sp³-hybridized carbons (Fsp3) is 0.368. The van der Waals surface area contributed by atoms with Crippen LogP contribution in [0.1, 0.15) is 27.3 Å². The molecular formula is C19H23ClN4O4. The van der Waals surface area contributed by atoms with Crippen molar-refractivity contribution < 1.29 is 19.1 Å². The van der Waals surface area contributed by atoms with Crippen LogP contribution in [0.15, 0.2) is 24.3 Å². The van der Waals surface area contributed by atoms with E-state index in [1.807, 2.05) is 18.2 Å². The summed E-state index contributed by atoms with van der Waals surface area (Å²) < 4.78 is 6.75. The molecule has 2 amide bonds. The molecule has 0 aliphatic heterocycles. The highest BCUT2D eigenvalue weighted by atomic mass is 35.5. The van der Waals surface area contributed by atoms with Crippen LogP contribution in [0.5, 0.6) is 0 Å². The number of benzene rings is 1. The van der Waals surface area contributed by atoms with E-state index in [1.54, 1.807) is 38.7 Å². The minimum absolute atomic E-state index is 0.156. The Hall–Kier alpha value is -2.87. The summed E-state index contributed by atoms with van der Waals surface area (Å²) in [4.78, 5) is 37.0. The van der Waals surface area contributed by atoms with Gasteiger partial charge in [-0.05, 0) is 25.5 Å². The molecule has 0 atom stereocenters. The summed E-state index contributed by atoms with van der Waals surface area (Å²) in [5.74, 6) is -1.45. The third-order valence-corrected chi connectivity index (χ3v) is 4.50. The van der Waals surface area contributed by atoms with Crippen LogP contribution in [0.2, 0.25) is 5.02 Å². The summed E-state index contributed by atoms with van der Waals surface area (Å²) in [5.41, 5.74) is 2.30. The Labute approximate surface area is 168 Å². The molecule has 1 heterocycles. The van der Waals surface area contributed by atoms with Gasteiger partial charge in [-0.2, -0.15) is 5.10 Å². The van der Waals surface area contributed by atoms with E-state index >= 15 is 0 Å². The summed E-state index contributed by atoms with van der Waals surface area (Å²) in [6.45, 7) is 3.23. The fourth-order valence-electron chi connectivity index (χ4n) is 2.52. The molecule has 9 heteroatoms. The van der Waals surface area contributed by atoms with Crippen molar-refractivity contribution >= 4 is 29.4 Å². The lowest BCUT2D eigenvalue weighted by Crippen LogP contribution is -2.38. The maximum Gasteiger partial charge on any atom is 0.342 e. The molecule has 0 radical (unpaired) electrons. The predicted octanol–water partition coefficient (Wildman–Crippen LogP) is 1.56. The Kier molecular flexibility index (Phi) is 7.17. The number of amides is 2. The number of aryl methyl sites for hydroxylation is 1. The number of halogens is 1. The molecule has 1 aromatic heterocycles. The lowest BCUT2D eigenvalue weighted by molar-refractivity contribution is -0.131. The molecule has 0 spiro atoms. The Balaban J connectivity index is 2.00. The zero-order valence-corrected chi connectivity index (χ0v) is 17.0. The second-order valence-electron chi connectivity index (χ2n) is 6.44. The molecule has 0 aliphatic rings. The van der Waals surface area contributed by atoms with E-state index in [0.29, 0.717) is 28.5 Å². The minimum Gasteiger partial charge on any atom is -0.452 e. The largest absolute Gasteiger partial charge is 0.452 e. The number of hydrogen-bond donors (Lipinski definition) is 1. The average Bonchev–Trinajstić information content (AvgIpc) is 2.92. The summed E-state index contributed by atoms with van der Waals surface area (Å²) in [5, 5.41) is 7.40. The van der Waals surface area contributed by atoms with Gasteiger partial charge in [-0.25, -0.2) is 4.79 Å². The number of likely N-dealkylation sites (N-methyl/N-ethyl adjacent to an activating group) is 1. The first-order valence-corrected chi connectivity index (χ1v) is 9.00. The van der Waals surface area contributed by atoms with Crippen molar-refractivity contribution in [1.29, 1.82) is 0 Å². The van der Waals surface area contributed by atoms with Gasteiger partial charge in [0.2, 0.25) is 5.91 Å². The van der Waals surface area contributed by atoms with Crippen LogP contribution >= 0.6 is 11.6 Å². The monoisotopic (exact) mass is 406 g/mol. The lowest BCUT2D eigenvalue weighted by atomic mass is 10.2. The zero-order valence-electron chi connectivity index (χ0n) is 16.3. The standard InChI is InChI=1S/C19H23ClN4O4/c1-12-18(19(27)28-11-16(25)21-9-17(26)23(3)4)13(2)24(22-12)10-14-7-5-6-8-15(14)20/h5-8H,9-11H2,1-4H3,(H,21,25). The number of hydrogen-bond acceptors (Lipinski definition) is 5. The molecular weight excluding hydrogens is 384 g/mol. The average molecular weight is 407 g/mol. The number of rotatable bonds is 7. The first kappa shape index (κ1) is 21.4. The molecule has 0 fully saturated rings. The highest BCUT2D eigenvalue weighted by molar-refractivity contribution is 6.31. The van der Waals surface area contributed by atoms with Gasteiger partial charge in [-0.1, -0.05) is 29.8 Å². The third kappa shape index (κ3) is 5.32. The minimum atomic E-state index is -0.644. The molecule has 8 nitrogen and oxygen atoms in total. The van der Waals surface area contributed by atoms with E-state index in [2.05, 4.69) is 10.4 Å². The normalized spacial score (nSPS) is 10.5. The second-order valence-corrected chi connectivity index (χ2v) is 6.84. The van der Waals surface area contributed by atoms with Gasteiger partial charge in [0.15, 0.2) is 6.61 Å². The van der Waals surface area contributed by atoms with E-state index < -0.39 is 18.5 Å². The quantitative estimate of drug-likeness (QED) is 0.704. The number of carbonyl (C=O) groups is 3. The number of carbonyl (C=O) groups excluding carboxylic acids is 3. The van der Waals surface area contributed by atoms with Crippen LogP contribution in [-0.4, -0.2) is 59.7 Å². The first-order chi connectivity index (χ1) is 13.2. The van der Waals surface area contributed by atoms with Crippen molar-refractivity contribution in [3.8, 4) is 0 Å². The molecule has 0 saturated heterocycles. The molecule has 0 saturated carbocycles. The number of esters is 1. The molecule has 0 aliphatic carbocycles. The first-order valence-electron chi connectivity index (χ1n) is 8.62. The molecule has 0 bridgehead atoms. The van der Waals surface area contributed by atoms with E-state index in [4.69, 9.17) is 16.3 Å². The van der Waals surface area contributed by atoms with Gasteiger partial charge in [-0.3, -0.25) is 14.3 Å². The second kappa shape index (κ2) is 9.36. The SMILES string of the molecule is Cc1nn(Cc2ccccc2Cl)c(C)c1C(=O)OCC(=O)NCC(=O)N(C)C. The van der Waals surface area contributed by atoms with Crippen molar-refractivity contribution in [3.05, 3.63) is 51.8 Å². The summed E-state index contributed by atoms with van der Waals surface area (Å²) in [6, 6.07) is 7.39. The zero-order chi connectivity index (χ0) is 20.8. The number of nitrogens with zero attached hydrogens (tertiary/aromatic N) is 3. The maximum atomic E-state index is 12.4. The van der Waals surface area contributed by atoms with E-state index in [0.717, 1.165) is 5.56 Å². The Morgan fingerprint density at radius 3 is 2.54 bits per heavy atom. The van der Waals surface area contributed by atoms with Gasteiger partial charge in [0, 0.05) is 19.1 Å². The van der Waals surface area contributed by atoms with Crippen LogP contribution in [0.4, 0.5) is 0 Å². The van der Waals surface area contributed by atoms with E-state index in [-0.39, 0.29) is 12.5 Å². The van der Waals surface area contributed by atoms with Crippen LogP contribution in [0.3, 0.4) is 0 Å². The molecule has 2 rings (SSSR count). The van der Waals surface area contributed by atoms with Crippen molar-refractivity contribution in [2.45, 2.75) is 20.4 Å². The summed E-state index contributed by atoms with van der Waals surface area (Å²) >= 11 is 6.19.